The van der Waals surface area contributed by atoms with Gasteiger partial charge in [-0.3, -0.25) is 4.98 Å². The van der Waals surface area contributed by atoms with E-state index in [2.05, 4.69) is 36.1 Å². The van der Waals surface area contributed by atoms with Crippen molar-refractivity contribution in [2.24, 2.45) is 5.73 Å². The van der Waals surface area contributed by atoms with Crippen molar-refractivity contribution >= 4 is 5.82 Å². The molecule has 0 saturated carbocycles. The first-order valence-corrected chi connectivity index (χ1v) is 4.30. The zero-order valence-electron chi connectivity index (χ0n) is 8.33. The van der Waals surface area contributed by atoms with Crippen LogP contribution in [0.5, 0.6) is 0 Å². The third-order valence-electron chi connectivity index (χ3n) is 1.40. The first-order valence-electron chi connectivity index (χ1n) is 4.30. The molecule has 1 heterocycles. The van der Waals surface area contributed by atoms with Crippen LogP contribution in [0.2, 0.25) is 0 Å². The Morgan fingerprint density at radius 1 is 1.38 bits per heavy atom. The summed E-state index contributed by atoms with van der Waals surface area (Å²) in [7, 11) is 0. The van der Waals surface area contributed by atoms with Crippen molar-refractivity contribution < 1.29 is 0 Å². The van der Waals surface area contributed by atoms with Crippen LogP contribution in [0.15, 0.2) is 12.4 Å². The van der Waals surface area contributed by atoms with Crippen LogP contribution in [0.4, 0.5) is 5.82 Å². The fraction of sp³-hybridized carbons (Fsp3) is 0.556. The normalized spacial score (nSPS) is 11.4. The number of aromatic nitrogens is 2. The predicted octanol–water partition coefficient (Wildman–Crippen LogP) is 1.15. The third kappa shape index (κ3) is 3.38. The lowest BCUT2D eigenvalue weighted by Crippen LogP contribution is -2.27. The molecule has 0 saturated heterocycles. The van der Waals surface area contributed by atoms with E-state index in [9.17, 15) is 0 Å². The molecule has 1 aromatic rings. The van der Waals surface area contributed by atoms with E-state index in [4.69, 9.17) is 5.73 Å². The average Bonchev–Trinajstić information content (AvgIpc) is 2.01. The number of hydrogen-bond acceptors (Lipinski definition) is 4. The Bertz CT molecular complexity index is 277. The molecule has 0 unspecified atom stereocenters. The molecule has 4 heteroatoms. The monoisotopic (exact) mass is 180 g/mol. The predicted molar refractivity (Wildman–Crippen MR) is 53.3 cm³/mol. The molecule has 3 N–H and O–H groups in total. The van der Waals surface area contributed by atoms with E-state index in [0.29, 0.717) is 6.54 Å². The first-order chi connectivity index (χ1) is 6.01. The van der Waals surface area contributed by atoms with Crippen LogP contribution in [0, 0.1) is 0 Å². The highest BCUT2D eigenvalue weighted by Gasteiger charge is 2.10. The molecule has 72 valence electrons. The van der Waals surface area contributed by atoms with Gasteiger partial charge in [-0.2, -0.15) is 0 Å². The highest BCUT2D eigenvalue weighted by molar-refractivity contribution is 5.34. The van der Waals surface area contributed by atoms with Gasteiger partial charge in [0, 0.05) is 18.3 Å². The van der Waals surface area contributed by atoms with Crippen LogP contribution < -0.4 is 11.1 Å². The standard InChI is InChI=1S/C9H16N4/c1-9(2,3)13-8-6-11-5-7(4-10)12-8/h5-6H,4,10H2,1-3H3,(H,12,13). The topological polar surface area (TPSA) is 63.8 Å². The van der Waals surface area contributed by atoms with Gasteiger partial charge < -0.3 is 11.1 Å². The maximum absolute atomic E-state index is 5.45. The van der Waals surface area contributed by atoms with E-state index in [1.807, 2.05) is 0 Å². The van der Waals surface area contributed by atoms with Crippen molar-refractivity contribution in [2.75, 3.05) is 5.32 Å². The van der Waals surface area contributed by atoms with Crippen LogP contribution in [0.3, 0.4) is 0 Å². The molecule has 0 aromatic carbocycles. The second-order valence-corrected chi connectivity index (χ2v) is 3.97. The van der Waals surface area contributed by atoms with Crippen molar-refractivity contribution in [3.63, 3.8) is 0 Å². The zero-order valence-corrected chi connectivity index (χ0v) is 8.33. The van der Waals surface area contributed by atoms with Crippen molar-refractivity contribution in [1.82, 2.24) is 9.97 Å². The first kappa shape index (κ1) is 9.92. The molecule has 1 rings (SSSR count). The highest BCUT2D eigenvalue weighted by Crippen LogP contribution is 2.10. The summed E-state index contributed by atoms with van der Waals surface area (Å²) in [6, 6.07) is 0. The van der Waals surface area contributed by atoms with Gasteiger partial charge in [0.2, 0.25) is 0 Å². The van der Waals surface area contributed by atoms with Gasteiger partial charge in [0.1, 0.15) is 5.82 Å². The van der Waals surface area contributed by atoms with Gasteiger partial charge in [0.05, 0.1) is 11.9 Å². The SMILES string of the molecule is CC(C)(C)Nc1cncc(CN)n1. The van der Waals surface area contributed by atoms with Gasteiger partial charge >= 0.3 is 0 Å². The molecule has 0 bridgehead atoms. The zero-order chi connectivity index (χ0) is 9.90. The number of nitrogens with one attached hydrogen (secondary N) is 1. The maximum atomic E-state index is 5.45. The van der Waals surface area contributed by atoms with Gasteiger partial charge in [0.15, 0.2) is 0 Å². The summed E-state index contributed by atoms with van der Waals surface area (Å²) in [6.45, 7) is 6.64. The van der Waals surface area contributed by atoms with Crippen LogP contribution in [0.25, 0.3) is 0 Å². The van der Waals surface area contributed by atoms with Gasteiger partial charge in [-0.15, -0.1) is 0 Å². The third-order valence-corrected chi connectivity index (χ3v) is 1.40. The van der Waals surface area contributed by atoms with Crippen molar-refractivity contribution in [2.45, 2.75) is 32.9 Å². The van der Waals surface area contributed by atoms with Crippen LogP contribution in [-0.2, 0) is 6.54 Å². The van der Waals surface area contributed by atoms with Gasteiger partial charge in [-0.05, 0) is 20.8 Å². The summed E-state index contributed by atoms with van der Waals surface area (Å²) < 4.78 is 0. The summed E-state index contributed by atoms with van der Waals surface area (Å²) in [4.78, 5) is 8.31. The summed E-state index contributed by atoms with van der Waals surface area (Å²) >= 11 is 0. The van der Waals surface area contributed by atoms with Crippen molar-refractivity contribution in [3.05, 3.63) is 18.1 Å². The Morgan fingerprint density at radius 3 is 2.62 bits per heavy atom. The van der Waals surface area contributed by atoms with Crippen LogP contribution in [0.1, 0.15) is 26.5 Å². The molecule has 0 amide bonds. The van der Waals surface area contributed by atoms with E-state index < -0.39 is 0 Å². The minimum Gasteiger partial charge on any atom is -0.364 e. The lowest BCUT2D eigenvalue weighted by Gasteiger charge is -2.21. The Balaban J connectivity index is 2.78. The summed E-state index contributed by atoms with van der Waals surface area (Å²) in [6.07, 6.45) is 3.37. The number of rotatable bonds is 2. The molecule has 0 fully saturated rings. The Morgan fingerprint density at radius 2 is 2.08 bits per heavy atom. The Labute approximate surface area is 78.6 Å². The smallest absolute Gasteiger partial charge is 0.145 e. The Kier molecular flexibility index (Phi) is 2.83. The molecule has 0 aliphatic carbocycles. The van der Waals surface area contributed by atoms with E-state index in [1.54, 1.807) is 12.4 Å². The van der Waals surface area contributed by atoms with E-state index >= 15 is 0 Å². The molecular formula is C9H16N4. The van der Waals surface area contributed by atoms with Gasteiger partial charge in [0.25, 0.3) is 0 Å². The molecule has 0 atom stereocenters. The number of hydrogen-bond donors (Lipinski definition) is 2. The fourth-order valence-corrected chi connectivity index (χ4v) is 0.949. The largest absolute Gasteiger partial charge is 0.364 e. The lowest BCUT2D eigenvalue weighted by atomic mass is 10.1. The number of nitrogens with zero attached hydrogens (tertiary/aromatic N) is 2. The molecular weight excluding hydrogens is 164 g/mol. The van der Waals surface area contributed by atoms with Crippen LogP contribution in [-0.4, -0.2) is 15.5 Å². The van der Waals surface area contributed by atoms with E-state index in [1.165, 1.54) is 0 Å². The molecule has 0 aliphatic rings. The number of anilines is 1. The van der Waals surface area contributed by atoms with Gasteiger partial charge in [-0.25, -0.2) is 4.98 Å². The average molecular weight is 180 g/mol. The summed E-state index contributed by atoms with van der Waals surface area (Å²) in [5, 5.41) is 3.23. The molecule has 0 spiro atoms. The minimum atomic E-state index is 0.00189. The summed E-state index contributed by atoms with van der Waals surface area (Å²) in [5.41, 5.74) is 6.25. The molecule has 13 heavy (non-hydrogen) atoms. The summed E-state index contributed by atoms with van der Waals surface area (Å²) in [5.74, 6) is 0.774. The second kappa shape index (κ2) is 3.70. The highest BCUT2D eigenvalue weighted by atomic mass is 15.1. The molecule has 4 nitrogen and oxygen atoms in total. The second-order valence-electron chi connectivity index (χ2n) is 3.97. The van der Waals surface area contributed by atoms with Gasteiger partial charge in [-0.1, -0.05) is 0 Å². The van der Waals surface area contributed by atoms with Crippen LogP contribution >= 0.6 is 0 Å². The Hall–Kier alpha value is -1.16. The fourth-order valence-electron chi connectivity index (χ4n) is 0.949. The lowest BCUT2D eigenvalue weighted by molar-refractivity contribution is 0.629. The van der Waals surface area contributed by atoms with E-state index in [-0.39, 0.29) is 5.54 Å². The molecule has 0 aliphatic heterocycles. The molecule has 0 radical (unpaired) electrons. The maximum Gasteiger partial charge on any atom is 0.145 e. The van der Waals surface area contributed by atoms with Crippen molar-refractivity contribution in [3.8, 4) is 0 Å². The minimum absolute atomic E-state index is 0.00189. The van der Waals surface area contributed by atoms with Crippen molar-refractivity contribution in [1.29, 1.82) is 0 Å². The van der Waals surface area contributed by atoms with E-state index in [0.717, 1.165) is 11.5 Å². The molecule has 1 aromatic heterocycles. The quantitative estimate of drug-likeness (QED) is 0.716. The number of nitrogens with two attached hydrogens (primary N) is 1.